The van der Waals surface area contributed by atoms with Gasteiger partial charge < -0.3 is 31.1 Å². The molecule has 0 atom stereocenters. The van der Waals surface area contributed by atoms with Gasteiger partial charge >= 0.3 is 0 Å². The zero-order valence-corrected chi connectivity index (χ0v) is 22.8. The molecule has 1 aromatic heterocycles. The van der Waals surface area contributed by atoms with Crippen molar-refractivity contribution in [1.29, 1.82) is 5.41 Å². The Balaban J connectivity index is 1.30. The maximum atomic E-state index is 15.2. The number of aromatic nitrogens is 1. The molecule has 5 N–H and O–H groups in total. The number of rotatable bonds is 11. The van der Waals surface area contributed by atoms with E-state index in [0.717, 1.165) is 29.0 Å². The van der Waals surface area contributed by atoms with Crippen molar-refractivity contribution in [2.45, 2.75) is 19.4 Å². The number of H-pyrrole nitrogens is 1. The van der Waals surface area contributed by atoms with Crippen LogP contribution in [0.1, 0.15) is 24.1 Å². The molecular formula is C32H29F2N5O3. The zero-order valence-electron chi connectivity index (χ0n) is 22.8. The maximum absolute atomic E-state index is 15.2. The summed E-state index contributed by atoms with van der Waals surface area (Å²) in [4.78, 5) is 29.0. The molecule has 5 rings (SSSR count). The highest BCUT2D eigenvalue weighted by Crippen LogP contribution is 2.47. The molecule has 42 heavy (non-hydrogen) atoms. The van der Waals surface area contributed by atoms with Crippen molar-refractivity contribution in [3.05, 3.63) is 108 Å². The smallest absolute Gasteiger partial charge is 0.240 e. The van der Waals surface area contributed by atoms with E-state index in [9.17, 15) is 14.0 Å². The number of halogens is 2. The molecule has 0 bridgehead atoms. The molecule has 0 saturated heterocycles. The van der Waals surface area contributed by atoms with E-state index in [4.69, 9.17) is 10.1 Å². The number of benzene rings is 3. The molecule has 0 aliphatic heterocycles. The number of hydrogen-bond acceptors (Lipinski definition) is 5. The second-order valence-corrected chi connectivity index (χ2v) is 9.94. The van der Waals surface area contributed by atoms with Gasteiger partial charge in [0.15, 0.2) is 17.3 Å². The van der Waals surface area contributed by atoms with Crippen molar-refractivity contribution in [2.75, 3.05) is 17.7 Å². The van der Waals surface area contributed by atoms with Gasteiger partial charge in [0.1, 0.15) is 11.2 Å². The minimum atomic E-state index is -1.28. The highest BCUT2D eigenvalue weighted by atomic mass is 19.1. The van der Waals surface area contributed by atoms with Crippen molar-refractivity contribution in [2.24, 2.45) is 5.41 Å². The number of hydrogen-bond donors (Lipinski definition) is 5. The number of nitrogens with one attached hydrogen (secondary N) is 5. The van der Waals surface area contributed by atoms with Crippen molar-refractivity contribution < 1.29 is 23.1 Å². The standard InChI is InChI=1S/C32H29F2N5O3/c1-36-19-20-3-2-4-21(17-20)25-12-16-37-29(25)28(11-15-35)42-27-10-9-24(18-26(27)34)39-31(41)32(13-14-32)30(40)38-23-7-5-22(33)6-8-23/h2-12,15-18,35-37H,13-14,19H2,1H3,(H,38,40)(H,39,41)/b28-11+,35-15?. The van der Waals surface area contributed by atoms with Crippen LogP contribution in [0.25, 0.3) is 16.9 Å². The molecule has 10 heteroatoms. The Labute approximate surface area is 241 Å². The van der Waals surface area contributed by atoms with Crippen LogP contribution in [-0.4, -0.2) is 30.1 Å². The fraction of sp³-hybridized carbons (Fsp3) is 0.156. The minimum Gasteiger partial charge on any atom is -0.452 e. The lowest BCUT2D eigenvalue weighted by Crippen LogP contribution is -2.35. The quantitative estimate of drug-likeness (QED) is 0.0851. The molecule has 1 heterocycles. The lowest BCUT2D eigenvalue weighted by molar-refractivity contribution is -0.131. The molecule has 3 aromatic carbocycles. The average molecular weight is 570 g/mol. The van der Waals surface area contributed by atoms with Gasteiger partial charge in [0.05, 0.1) is 5.69 Å². The van der Waals surface area contributed by atoms with E-state index in [1.165, 1.54) is 42.5 Å². The third kappa shape index (κ3) is 6.13. The van der Waals surface area contributed by atoms with Gasteiger partial charge in [-0.1, -0.05) is 18.2 Å². The van der Waals surface area contributed by atoms with Crippen LogP contribution in [0, 0.1) is 22.5 Å². The molecule has 1 saturated carbocycles. The molecule has 4 aromatic rings. The molecule has 1 aliphatic rings. The summed E-state index contributed by atoms with van der Waals surface area (Å²) in [5.74, 6) is -2.13. The first-order valence-electron chi connectivity index (χ1n) is 13.3. The number of aromatic amines is 1. The third-order valence-corrected chi connectivity index (χ3v) is 6.98. The molecular weight excluding hydrogens is 540 g/mol. The van der Waals surface area contributed by atoms with Crippen molar-refractivity contribution in [3.63, 3.8) is 0 Å². The highest BCUT2D eigenvalue weighted by molar-refractivity contribution is 6.16. The summed E-state index contributed by atoms with van der Waals surface area (Å²) in [5.41, 5.74) is 2.65. The second-order valence-electron chi connectivity index (χ2n) is 9.94. The topological polar surface area (TPSA) is 119 Å². The van der Waals surface area contributed by atoms with Crippen molar-refractivity contribution in [1.82, 2.24) is 10.3 Å². The van der Waals surface area contributed by atoms with Gasteiger partial charge in [0, 0.05) is 48.0 Å². The summed E-state index contributed by atoms with van der Waals surface area (Å²) in [6.45, 7) is 0.696. The first kappa shape index (κ1) is 28.4. The molecule has 1 fully saturated rings. The van der Waals surface area contributed by atoms with E-state index in [-0.39, 0.29) is 17.2 Å². The summed E-state index contributed by atoms with van der Waals surface area (Å²) in [7, 11) is 1.87. The fourth-order valence-corrected chi connectivity index (χ4v) is 4.61. The number of allylic oxidation sites excluding steroid dienone is 1. The predicted molar refractivity (Wildman–Crippen MR) is 158 cm³/mol. The molecule has 2 amide bonds. The van der Waals surface area contributed by atoms with Gasteiger partial charge in [-0.2, -0.15) is 0 Å². The predicted octanol–water partition coefficient (Wildman–Crippen LogP) is 6.11. The maximum Gasteiger partial charge on any atom is 0.240 e. The Morgan fingerprint density at radius 3 is 2.36 bits per heavy atom. The number of carbonyl (C=O) groups excluding carboxylic acids is 2. The fourth-order valence-electron chi connectivity index (χ4n) is 4.61. The Morgan fingerprint density at radius 2 is 1.69 bits per heavy atom. The Hall–Kier alpha value is -5.09. The summed E-state index contributed by atoms with van der Waals surface area (Å²) in [6.07, 6.45) is 4.88. The minimum absolute atomic E-state index is 0.110. The van der Waals surface area contributed by atoms with Gasteiger partial charge in [0.2, 0.25) is 11.8 Å². The molecule has 0 spiro atoms. The van der Waals surface area contributed by atoms with Crippen molar-refractivity contribution in [3.8, 4) is 16.9 Å². The molecule has 0 unspecified atom stereocenters. The van der Waals surface area contributed by atoms with Gasteiger partial charge in [-0.05, 0) is 79.5 Å². The van der Waals surface area contributed by atoms with E-state index >= 15 is 4.39 Å². The summed E-state index contributed by atoms with van der Waals surface area (Å²) >= 11 is 0. The molecule has 0 radical (unpaired) electrons. The van der Waals surface area contributed by atoms with Crippen LogP contribution >= 0.6 is 0 Å². The lowest BCUT2D eigenvalue weighted by Gasteiger charge is -2.16. The van der Waals surface area contributed by atoms with Gasteiger partial charge in [-0.25, -0.2) is 8.78 Å². The molecule has 1 aliphatic carbocycles. The Kier molecular flexibility index (Phi) is 8.26. The van der Waals surface area contributed by atoms with E-state index < -0.39 is 28.9 Å². The van der Waals surface area contributed by atoms with Crippen molar-refractivity contribution >= 4 is 35.2 Å². The average Bonchev–Trinajstić information content (AvgIpc) is 3.66. The lowest BCUT2D eigenvalue weighted by atomic mass is 10.0. The van der Waals surface area contributed by atoms with Crippen LogP contribution in [-0.2, 0) is 16.1 Å². The second kappa shape index (κ2) is 12.2. The Bertz CT molecular complexity index is 1660. The third-order valence-electron chi connectivity index (χ3n) is 6.98. The van der Waals surface area contributed by atoms with E-state index in [1.807, 2.05) is 37.4 Å². The number of anilines is 2. The Morgan fingerprint density at radius 1 is 0.976 bits per heavy atom. The number of amides is 2. The van der Waals surface area contributed by atoms with Gasteiger partial charge in [0.25, 0.3) is 0 Å². The van der Waals surface area contributed by atoms with Crippen LogP contribution in [0.2, 0.25) is 0 Å². The highest BCUT2D eigenvalue weighted by Gasteiger charge is 2.56. The first-order valence-corrected chi connectivity index (χ1v) is 13.3. The van der Waals surface area contributed by atoms with Gasteiger partial charge in [-0.15, -0.1) is 0 Å². The monoisotopic (exact) mass is 569 g/mol. The van der Waals surface area contributed by atoms with Crippen LogP contribution in [0.5, 0.6) is 5.75 Å². The van der Waals surface area contributed by atoms with Crippen LogP contribution < -0.4 is 20.7 Å². The summed E-state index contributed by atoms with van der Waals surface area (Å²) in [6, 6.07) is 19.0. The van der Waals surface area contributed by atoms with E-state index in [1.54, 1.807) is 6.20 Å². The van der Waals surface area contributed by atoms with E-state index in [0.29, 0.717) is 30.8 Å². The van der Waals surface area contributed by atoms with E-state index in [2.05, 4.69) is 20.9 Å². The largest absolute Gasteiger partial charge is 0.452 e. The normalized spacial score (nSPS) is 13.7. The van der Waals surface area contributed by atoms with Crippen LogP contribution in [0.15, 0.2) is 85.1 Å². The van der Waals surface area contributed by atoms with Crippen LogP contribution in [0.3, 0.4) is 0 Å². The molecule has 214 valence electrons. The number of carbonyl (C=O) groups is 2. The SMILES string of the molecule is CNCc1cccc(-c2cc[nH]c2/C(=C\C=N)Oc2ccc(NC(=O)C3(C(=O)Nc4ccc(F)cc4)CC3)cc2F)c1. The zero-order chi connectivity index (χ0) is 29.7. The van der Waals surface area contributed by atoms with Crippen LogP contribution in [0.4, 0.5) is 20.2 Å². The van der Waals surface area contributed by atoms with Gasteiger partial charge in [-0.3, -0.25) is 9.59 Å². The summed E-state index contributed by atoms with van der Waals surface area (Å²) in [5, 5.41) is 16.0. The number of ether oxygens (including phenoxy) is 1. The molecule has 8 nitrogen and oxygen atoms in total. The summed E-state index contributed by atoms with van der Waals surface area (Å²) < 4.78 is 34.3. The first-order chi connectivity index (χ1) is 20.3.